The van der Waals surface area contributed by atoms with Gasteiger partial charge in [-0.3, -0.25) is 0 Å². The number of rotatable bonds is 6. The Balaban J connectivity index is 2.34. The summed E-state index contributed by atoms with van der Waals surface area (Å²) in [6.45, 7) is 14.4. The van der Waals surface area contributed by atoms with Crippen LogP contribution < -0.4 is 0 Å². The lowest BCUT2D eigenvalue weighted by molar-refractivity contribution is 0.246. The Morgan fingerprint density at radius 2 is 1.78 bits per heavy atom. The highest BCUT2D eigenvalue weighted by Gasteiger charge is 2.32. The summed E-state index contributed by atoms with van der Waals surface area (Å²) >= 11 is 0. The predicted molar refractivity (Wildman–Crippen MR) is 82.8 cm³/mol. The molecular formula is C18H36. The maximum absolute atomic E-state index is 2.49. The average Bonchev–Trinajstić information content (AvgIpc) is 2.56. The minimum Gasteiger partial charge on any atom is -0.0654 e. The van der Waals surface area contributed by atoms with Gasteiger partial charge in [0.1, 0.15) is 0 Å². The lowest BCUT2D eigenvalue weighted by Gasteiger charge is -2.26. The third kappa shape index (κ3) is 5.33. The molecule has 0 radical (unpaired) electrons. The second-order valence-corrected chi connectivity index (χ2v) is 8.21. The van der Waals surface area contributed by atoms with Gasteiger partial charge in [-0.25, -0.2) is 0 Å². The van der Waals surface area contributed by atoms with Crippen LogP contribution in [0.2, 0.25) is 0 Å². The Morgan fingerprint density at radius 3 is 2.33 bits per heavy atom. The van der Waals surface area contributed by atoms with E-state index >= 15 is 0 Å². The molecule has 0 heterocycles. The van der Waals surface area contributed by atoms with E-state index in [0.29, 0.717) is 5.41 Å². The largest absolute Gasteiger partial charge is 0.0654 e. The summed E-state index contributed by atoms with van der Waals surface area (Å²) < 4.78 is 0. The smallest absolute Gasteiger partial charge is 0.0360 e. The summed E-state index contributed by atoms with van der Waals surface area (Å²) in [5, 5.41) is 0. The summed E-state index contributed by atoms with van der Waals surface area (Å²) in [5.41, 5.74) is 0.505. The Labute approximate surface area is 116 Å². The molecule has 1 aliphatic rings. The zero-order valence-corrected chi connectivity index (χ0v) is 13.8. The van der Waals surface area contributed by atoms with E-state index in [4.69, 9.17) is 0 Å². The second kappa shape index (κ2) is 6.96. The first-order valence-electron chi connectivity index (χ1n) is 8.33. The SMILES string of the molecule is CCCC1C(C)CCC1CCC(C)CC(C)(C)C. The van der Waals surface area contributed by atoms with Gasteiger partial charge in [-0.15, -0.1) is 0 Å². The molecule has 0 spiro atoms. The van der Waals surface area contributed by atoms with Gasteiger partial charge in [-0.1, -0.05) is 67.2 Å². The van der Waals surface area contributed by atoms with E-state index < -0.39 is 0 Å². The van der Waals surface area contributed by atoms with Crippen molar-refractivity contribution in [1.29, 1.82) is 0 Å². The molecule has 0 aromatic carbocycles. The van der Waals surface area contributed by atoms with E-state index in [-0.39, 0.29) is 0 Å². The van der Waals surface area contributed by atoms with Gasteiger partial charge >= 0.3 is 0 Å². The normalized spacial score (nSPS) is 30.7. The zero-order chi connectivity index (χ0) is 13.8. The van der Waals surface area contributed by atoms with Gasteiger partial charge in [0.05, 0.1) is 0 Å². The molecule has 0 bridgehead atoms. The average molecular weight is 252 g/mol. The summed E-state index contributed by atoms with van der Waals surface area (Å²) in [5.74, 6) is 3.98. The number of hydrogen-bond acceptors (Lipinski definition) is 0. The van der Waals surface area contributed by atoms with Crippen molar-refractivity contribution < 1.29 is 0 Å². The van der Waals surface area contributed by atoms with Crippen LogP contribution in [-0.2, 0) is 0 Å². The molecule has 108 valence electrons. The van der Waals surface area contributed by atoms with Crippen LogP contribution in [-0.4, -0.2) is 0 Å². The van der Waals surface area contributed by atoms with Crippen LogP contribution in [0, 0.1) is 29.1 Å². The molecule has 0 saturated heterocycles. The van der Waals surface area contributed by atoms with Gasteiger partial charge in [0, 0.05) is 0 Å². The van der Waals surface area contributed by atoms with Gasteiger partial charge < -0.3 is 0 Å². The van der Waals surface area contributed by atoms with Crippen molar-refractivity contribution in [1.82, 2.24) is 0 Å². The predicted octanol–water partition coefficient (Wildman–Crippen LogP) is 6.30. The van der Waals surface area contributed by atoms with Crippen LogP contribution in [0.15, 0.2) is 0 Å². The first-order chi connectivity index (χ1) is 8.33. The molecule has 1 fully saturated rings. The van der Waals surface area contributed by atoms with E-state index in [1.807, 2.05) is 0 Å². The van der Waals surface area contributed by atoms with E-state index in [2.05, 4.69) is 41.5 Å². The quantitative estimate of drug-likeness (QED) is 0.520. The Bertz CT molecular complexity index is 223. The van der Waals surface area contributed by atoms with Gasteiger partial charge in [-0.2, -0.15) is 0 Å². The molecule has 0 aromatic heterocycles. The third-order valence-corrected chi connectivity index (χ3v) is 4.94. The van der Waals surface area contributed by atoms with Crippen LogP contribution in [0.25, 0.3) is 0 Å². The highest BCUT2D eigenvalue weighted by Crippen LogP contribution is 2.43. The van der Waals surface area contributed by atoms with Gasteiger partial charge in [0.25, 0.3) is 0 Å². The molecule has 0 heteroatoms. The Morgan fingerprint density at radius 1 is 1.11 bits per heavy atom. The van der Waals surface area contributed by atoms with Crippen molar-refractivity contribution in [3.05, 3.63) is 0 Å². The lowest BCUT2D eigenvalue weighted by Crippen LogP contribution is -2.16. The zero-order valence-electron chi connectivity index (χ0n) is 13.8. The fourth-order valence-electron chi connectivity index (χ4n) is 4.23. The summed E-state index contributed by atoms with van der Waals surface area (Å²) in [7, 11) is 0. The topological polar surface area (TPSA) is 0 Å². The number of hydrogen-bond donors (Lipinski definition) is 0. The van der Waals surface area contributed by atoms with Crippen molar-refractivity contribution in [2.24, 2.45) is 29.1 Å². The van der Waals surface area contributed by atoms with Crippen LogP contribution >= 0.6 is 0 Å². The van der Waals surface area contributed by atoms with Crippen molar-refractivity contribution in [3.8, 4) is 0 Å². The molecular weight excluding hydrogens is 216 g/mol. The van der Waals surface area contributed by atoms with Crippen LogP contribution in [0.5, 0.6) is 0 Å². The van der Waals surface area contributed by atoms with E-state index in [1.165, 1.54) is 44.9 Å². The molecule has 1 aliphatic carbocycles. The van der Waals surface area contributed by atoms with Gasteiger partial charge in [0.2, 0.25) is 0 Å². The van der Waals surface area contributed by atoms with E-state index in [1.54, 1.807) is 0 Å². The molecule has 18 heavy (non-hydrogen) atoms. The van der Waals surface area contributed by atoms with E-state index in [0.717, 1.165) is 23.7 Å². The molecule has 4 atom stereocenters. The lowest BCUT2D eigenvalue weighted by atomic mass is 9.79. The van der Waals surface area contributed by atoms with Gasteiger partial charge in [0.15, 0.2) is 0 Å². The fourth-order valence-corrected chi connectivity index (χ4v) is 4.23. The van der Waals surface area contributed by atoms with Crippen molar-refractivity contribution >= 4 is 0 Å². The highest BCUT2D eigenvalue weighted by atomic mass is 14.4. The van der Waals surface area contributed by atoms with Crippen molar-refractivity contribution in [3.63, 3.8) is 0 Å². The van der Waals surface area contributed by atoms with Crippen LogP contribution in [0.3, 0.4) is 0 Å². The van der Waals surface area contributed by atoms with Crippen LogP contribution in [0.4, 0.5) is 0 Å². The molecule has 0 nitrogen and oxygen atoms in total. The molecule has 0 aromatic rings. The standard InChI is InChI=1S/C18H36/c1-7-8-17-15(3)10-12-16(17)11-9-14(2)13-18(4,5)6/h14-17H,7-13H2,1-6H3. The van der Waals surface area contributed by atoms with Crippen LogP contribution in [0.1, 0.15) is 86.5 Å². The maximum atomic E-state index is 2.49. The Hall–Kier alpha value is 0. The minimum atomic E-state index is 0.505. The van der Waals surface area contributed by atoms with Crippen molar-refractivity contribution in [2.45, 2.75) is 86.5 Å². The Kier molecular flexibility index (Phi) is 6.21. The van der Waals surface area contributed by atoms with E-state index in [9.17, 15) is 0 Å². The van der Waals surface area contributed by atoms with Gasteiger partial charge in [-0.05, 0) is 48.3 Å². The molecule has 0 amide bonds. The van der Waals surface area contributed by atoms with Crippen molar-refractivity contribution in [2.75, 3.05) is 0 Å². The molecule has 0 aliphatic heterocycles. The summed E-state index contributed by atoms with van der Waals surface area (Å²) in [6.07, 6.45) is 10.2. The minimum absolute atomic E-state index is 0.505. The molecule has 1 saturated carbocycles. The molecule has 0 N–H and O–H groups in total. The molecule has 4 unspecified atom stereocenters. The third-order valence-electron chi connectivity index (χ3n) is 4.94. The monoisotopic (exact) mass is 252 g/mol. The first-order valence-corrected chi connectivity index (χ1v) is 8.33. The summed E-state index contributed by atoms with van der Waals surface area (Å²) in [4.78, 5) is 0. The second-order valence-electron chi connectivity index (χ2n) is 8.21. The maximum Gasteiger partial charge on any atom is -0.0360 e. The first kappa shape index (κ1) is 16.1. The fraction of sp³-hybridized carbons (Fsp3) is 1.00. The molecule has 1 rings (SSSR count). The summed E-state index contributed by atoms with van der Waals surface area (Å²) in [6, 6.07) is 0. The highest BCUT2D eigenvalue weighted by molar-refractivity contribution is 4.83.